The number of hydrogen-bond acceptors (Lipinski definition) is 4. The molecule has 6 nitrogen and oxygen atoms in total. The van der Waals surface area contributed by atoms with Crippen molar-refractivity contribution in [1.82, 2.24) is 10.5 Å². The van der Waals surface area contributed by atoms with E-state index in [4.69, 9.17) is 0 Å². The average Bonchev–Trinajstić information content (AvgIpc) is 2.43. The summed E-state index contributed by atoms with van der Waals surface area (Å²) in [6.45, 7) is 0.621. The van der Waals surface area contributed by atoms with Gasteiger partial charge in [-0.1, -0.05) is 9.79 Å². The molecule has 12 heavy (non-hydrogen) atoms. The van der Waals surface area contributed by atoms with Crippen LogP contribution in [-0.2, 0) is 6.42 Å². The number of nitrogens with one attached hydrogen (secondary N) is 2. The SMILES string of the molecule is CNCCc1c(C=O)[nH]o[n+]1=O. The van der Waals surface area contributed by atoms with Gasteiger partial charge in [0.05, 0.1) is 0 Å². The molecule has 1 rings (SSSR count). The maximum Gasteiger partial charge on any atom is 0.254 e. The second-order valence-corrected chi connectivity index (χ2v) is 2.28. The minimum atomic E-state index is 0.195. The number of likely N-dealkylation sites (N-methyl/N-ethyl adjacent to an activating group) is 1. The first-order chi connectivity index (χ1) is 5.79. The summed E-state index contributed by atoms with van der Waals surface area (Å²) in [5, 5.41) is 5.07. The van der Waals surface area contributed by atoms with E-state index in [1.807, 2.05) is 0 Å². The van der Waals surface area contributed by atoms with Crippen molar-refractivity contribution < 1.29 is 14.0 Å². The number of nitrogens with zero attached hydrogens (tertiary/aromatic N) is 1. The monoisotopic (exact) mass is 172 g/mol. The van der Waals surface area contributed by atoms with Crippen LogP contribution in [0.15, 0.2) is 4.63 Å². The highest BCUT2D eigenvalue weighted by molar-refractivity contribution is 5.72. The number of aromatic amines is 1. The van der Waals surface area contributed by atoms with E-state index in [-0.39, 0.29) is 5.69 Å². The molecule has 0 aliphatic rings. The Morgan fingerprint density at radius 2 is 2.50 bits per heavy atom. The molecule has 0 atom stereocenters. The third kappa shape index (κ3) is 1.59. The highest BCUT2D eigenvalue weighted by Gasteiger charge is 2.17. The topological polar surface area (TPSA) is 81.0 Å². The Balaban J connectivity index is 2.86. The fourth-order valence-corrected chi connectivity index (χ4v) is 0.864. The van der Waals surface area contributed by atoms with Gasteiger partial charge in [-0.15, -0.1) is 0 Å². The van der Waals surface area contributed by atoms with Crippen LogP contribution in [0.2, 0.25) is 0 Å². The second-order valence-electron chi connectivity index (χ2n) is 2.28. The maximum atomic E-state index is 10.8. The molecular weight excluding hydrogens is 162 g/mol. The molecule has 0 aliphatic carbocycles. The summed E-state index contributed by atoms with van der Waals surface area (Å²) in [6, 6.07) is 0. The lowest BCUT2D eigenvalue weighted by molar-refractivity contribution is -0.719. The van der Waals surface area contributed by atoms with E-state index in [0.29, 0.717) is 29.5 Å². The Morgan fingerprint density at radius 3 is 3.08 bits per heavy atom. The summed E-state index contributed by atoms with van der Waals surface area (Å²) in [5.74, 6) is 0. The standard InChI is InChI=1S/C6H10N3O3/c1-7-3-2-6-5(4-10)8-12-9(6)11/h4,7-8H,2-3H2,1H3/q+1. The first kappa shape index (κ1) is 8.66. The number of carbonyl (C=O) groups is 1. The van der Waals surface area contributed by atoms with E-state index in [1.54, 1.807) is 7.05 Å². The van der Waals surface area contributed by atoms with Crippen molar-refractivity contribution in [2.24, 2.45) is 0 Å². The van der Waals surface area contributed by atoms with Crippen molar-refractivity contribution in [1.29, 1.82) is 0 Å². The summed E-state index contributed by atoms with van der Waals surface area (Å²) < 4.78 is 4.67. The number of carbonyl (C=O) groups excluding carboxylic acids is 1. The van der Waals surface area contributed by atoms with Crippen molar-refractivity contribution in [2.75, 3.05) is 13.6 Å². The second kappa shape index (κ2) is 3.82. The molecule has 0 fully saturated rings. The van der Waals surface area contributed by atoms with Crippen LogP contribution in [0.25, 0.3) is 0 Å². The molecule has 0 saturated carbocycles. The fraction of sp³-hybridized carbons (Fsp3) is 0.500. The summed E-state index contributed by atoms with van der Waals surface area (Å²) in [7, 11) is 1.76. The largest absolute Gasteiger partial charge is 0.319 e. The van der Waals surface area contributed by atoms with Crippen LogP contribution in [0.4, 0.5) is 0 Å². The number of aromatic nitrogens is 2. The zero-order valence-corrected chi connectivity index (χ0v) is 6.66. The number of H-pyrrole nitrogens is 1. The summed E-state index contributed by atoms with van der Waals surface area (Å²) in [6.07, 6.45) is 1.02. The lowest BCUT2D eigenvalue weighted by Gasteiger charge is -1.88. The van der Waals surface area contributed by atoms with E-state index in [1.165, 1.54) is 0 Å². The van der Waals surface area contributed by atoms with Crippen molar-refractivity contribution in [3.8, 4) is 0 Å². The van der Waals surface area contributed by atoms with Crippen molar-refractivity contribution >= 4 is 6.29 Å². The smallest absolute Gasteiger partial charge is 0.254 e. The van der Waals surface area contributed by atoms with Gasteiger partial charge in [0.25, 0.3) is 11.4 Å². The minimum Gasteiger partial charge on any atom is -0.319 e. The molecule has 1 aromatic heterocycles. The van der Waals surface area contributed by atoms with Gasteiger partial charge in [-0.05, 0) is 12.0 Å². The zero-order chi connectivity index (χ0) is 8.97. The molecule has 0 unspecified atom stereocenters. The molecule has 0 bridgehead atoms. The van der Waals surface area contributed by atoms with Crippen LogP contribution in [0.5, 0.6) is 0 Å². The predicted molar refractivity (Wildman–Crippen MR) is 39.4 cm³/mol. The third-order valence-corrected chi connectivity index (χ3v) is 1.50. The van der Waals surface area contributed by atoms with Crippen LogP contribution in [0, 0.1) is 4.91 Å². The Labute approximate surface area is 68.1 Å². The molecule has 0 spiro atoms. The molecule has 0 saturated heterocycles. The molecule has 1 aromatic rings. The van der Waals surface area contributed by atoms with Crippen LogP contribution < -0.4 is 9.92 Å². The van der Waals surface area contributed by atoms with Gasteiger partial charge >= 0.3 is 0 Å². The maximum absolute atomic E-state index is 10.8. The van der Waals surface area contributed by atoms with E-state index in [2.05, 4.69) is 15.1 Å². The van der Waals surface area contributed by atoms with Gasteiger partial charge in [0.1, 0.15) is 0 Å². The van der Waals surface area contributed by atoms with E-state index < -0.39 is 0 Å². The first-order valence-electron chi connectivity index (χ1n) is 3.52. The highest BCUT2D eigenvalue weighted by Crippen LogP contribution is 1.95. The van der Waals surface area contributed by atoms with Gasteiger partial charge in [0.2, 0.25) is 0 Å². The van der Waals surface area contributed by atoms with Crippen LogP contribution in [-0.4, -0.2) is 25.0 Å². The molecule has 1 heterocycles. The Hall–Kier alpha value is -1.43. The quantitative estimate of drug-likeness (QED) is 0.576. The van der Waals surface area contributed by atoms with E-state index >= 15 is 0 Å². The molecule has 66 valence electrons. The number of hydrogen-bond donors (Lipinski definition) is 2. The normalized spacial score (nSPS) is 10.1. The van der Waals surface area contributed by atoms with Gasteiger partial charge < -0.3 is 5.32 Å². The average molecular weight is 172 g/mol. The van der Waals surface area contributed by atoms with Gasteiger partial charge in [-0.25, -0.2) is 0 Å². The molecule has 0 aliphatic heterocycles. The Kier molecular flexibility index (Phi) is 2.76. The van der Waals surface area contributed by atoms with Crippen LogP contribution in [0.3, 0.4) is 0 Å². The number of rotatable bonds is 4. The van der Waals surface area contributed by atoms with Crippen molar-refractivity contribution in [2.45, 2.75) is 6.42 Å². The van der Waals surface area contributed by atoms with Gasteiger partial charge in [0, 0.05) is 13.0 Å². The lowest BCUT2D eigenvalue weighted by atomic mass is 10.2. The fourth-order valence-electron chi connectivity index (χ4n) is 0.864. The highest BCUT2D eigenvalue weighted by atomic mass is 16.7. The lowest BCUT2D eigenvalue weighted by Crippen LogP contribution is -2.21. The van der Waals surface area contributed by atoms with Gasteiger partial charge in [-0.3, -0.25) is 4.79 Å². The molecule has 0 aromatic carbocycles. The van der Waals surface area contributed by atoms with Gasteiger partial charge in [0.15, 0.2) is 10.9 Å². The molecule has 0 radical (unpaired) electrons. The molecule has 6 heteroatoms. The summed E-state index contributed by atoms with van der Waals surface area (Å²) >= 11 is 0. The third-order valence-electron chi connectivity index (χ3n) is 1.50. The zero-order valence-electron chi connectivity index (χ0n) is 6.66. The summed E-state index contributed by atoms with van der Waals surface area (Å²) in [4.78, 5) is 21.2. The predicted octanol–water partition coefficient (Wildman–Crippen LogP) is -0.903. The Bertz CT molecular complexity index is 314. The number of aldehydes is 1. The first-order valence-corrected chi connectivity index (χ1v) is 3.52. The molecular formula is C6H10N3O3+. The van der Waals surface area contributed by atoms with Crippen molar-refractivity contribution in [3.63, 3.8) is 0 Å². The summed E-state index contributed by atoms with van der Waals surface area (Å²) in [5.41, 5.74) is 0.514. The van der Waals surface area contributed by atoms with E-state index in [9.17, 15) is 9.70 Å². The van der Waals surface area contributed by atoms with Crippen LogP contribution >= 0.6 is 0 Å². The van der Waals surface area contributed by atoms with Crippen LogP contribution in [0.1, 0.15) is 16.2 Å². The van der Waals surface area contributed by atoms with Crippen molar-refractivity contribution in [3.05, 3.63) is 16.3 Å². The minimum absolute atomic E-state index is 0.195. The van der Waals surface area contributed by atoms with Gasteiger partial charge in [-0.2, -0.15) is 0 Å². The van der Waals surface area contributed by atoms with E-state index in [0.717, 1.165) is 0 Å². The Morgan fingerprint density at radius 1 is 1.75 bits per heavy atom. The molecule has 0 amide bonds. The molecule has 2 N–H and O–H groups in total.